The number of hydrogen-bond acceptors (Lipinski definition) is 2. The minimum absolute atomic E-state index is 0.916. The van der Waals surface area contributed by atoms with Gasteiger partial charge in [0.1, 0.15) is 0 Å². The molecule has 2 heteroatoms. The molecule has 1 aliphatic heterocycles. The highest BCUT2D eigenvalue weighted by Gasteiger charge is 2.11. The van der Waals surface area contributed by atoms with Crippen LogP contribution >= 0.6 is 0 Å². The minimum Gasteiger partial charge on any atom is -0.385 e. The second kappa shape index (κ2) is 5.56. The fourth-order valence-electron chi connectivity index (χ4n) is 1.69. The Bertz CT molecular complexity index is 89.6. The molecule has 2 nitrogen and oxygen atoms in total. The van der Waals surface area contributed by atoms with Gasteiger partial charge in [-0.25, -0.2) is 0 Å². The molecule has 1 atom stereocenters. The van der Waals surface area contributed by atoms with E-state index in [0.29, 0.717) is 0 Å². The van der Waals surface area contributed by atoms with Crippen LogP contribution in [0.4, 0.5) is 0 Å². The van der Waals surface area contributed by atoms with Crippen molar-refractivity contribution >= 4 is 0 Å². The van der Waals surface area contributed by atoms with Gasteiger partial charge in [0.2, 0.25) is 0 Å². The molecule has 0 radical (unpaired) electrons. The van der Waals surface area contributed by atoms with Crippen LogP contribution in [-0.4, -0.2) is 26.8 Å². The Hall–Kier alpha value is -0.0800. The second-order valence-corrected chi connectivity index (χ2v) is 3.35. The average Bonchev–Trinajstić information content (AvgIpc) is 2.07. The lowest BCUT2D eigenvalue weighted by atomic mass is 9.95. The lowest BCUT2D eigenvalue weighted by Gasteiger charge is -2.22. The zero-order chi connectivity index (χ0) is 7.94. The fourth-order valence-corrected chi connectivity index (χ4v) is 1.69. The van der Waals surface area contributed by atoms with E-state index in [2.05, 4.69) is 5.32 Å². The van der Waals surface area contributed by atoms with Crippen LogP contribution in [0.15, 0.2) is 0 Å². The number of hydrogen-bond donors (Lipinski definition) is 1. The van der Waals surface area contributed by atoms with Gasteiger partial charge in [-0.2, -0.15) is 0 Å². The van der Waals surface area contributed by atoms with E-state index in [-0.39, 0.29) is 0 Å². The molecule has 1 heterocycles. The summed E-state index contributed by atoms with van der Waals surface area (Å²) in [5, 5.41) is 3.42. The first-order chi connectivity index (χ1) is 5.43. The molecule has 11 heavy (non-hydrogen) atoms. The topological polar surface area (TPSA) is 21.3 Å². The van der Waals surface area contributed by atoms with E-state index in [9.17, 15) is 0 Å². The van der Waals surface area contributed by atoms with Crippen molar-refractivity contribution in [3.05, 3.63) is 0 Å². The molecule has 0 aromatic rings. The van der Waals surface area contributed by atoms with Gasteiger partial charge in [-0.05, 0) is 44.7 Å². The molecule has 0 unspecified atom stereocenters. The largest absolute Gasteiger partial charge is 0.385 e. The van der Waals surface area contributed by atoms with Crippen LogP contribution in [0.2, 0.25) is 0 Å². The van der Waals surface area contributed by atoms with Crippen molar-refractivity contribution < 1.29 is 4.74 Å². The van der Waals surface area contributed by atoms with E-state index < -0.39 is 0 Å². The maximum atomic E-state index is 5.01. The number of rotatable bonds is 4. The van der Waals surface area contributed by atoms with Gasteiger partial charge >= 0.3 is 0 Å². The van der Waals surface area contributed by atoms with Crippen LogP contribution in [0.25, 0.3) is 0 Å². The smallest absolute Gasteiger partial charge is 0.0462 e. The number of methoxy groups -OCH3 is 1. The van der Waals surface area contributed by atoms with E-state index in [4.69, 9.17) is 4.74 Å². The zero-order valence-corrected chi connectivity index (χ0v) is 7.44. The lowest BCUT2D eigenvalue weighted by Crippen LogP contribution is -2.29. The zero-order valence-electron chi connectivity index (χ0n) is 7.44. The highest BCUT2D eigenvalue weighted by molar-refractivity contribution is 4.68. The predicted molar refractivity (Wildman–Crippen MR) is 46.7 cm³/mol. The Morgan fingerprint density at radius 3 is 3.09 bits per heavy atom. The summed E-state index contributed by atoms with van der Waals surface area (Å²) in [6, 6.07) is 0. The van der Waals surface area contributed by atoms with Crippen LogP contribution in [0, 0.1) is 5.92 Å². The molecule has 1 fully saturated rings. The monoisotopic (exact) mass is 157 g/mol. The van der Waals surface area contributed by atoms with Gasteiger partial charge in [-0.1, -0.05) is 0 Å². The van der Waals surface area contributed by atoms with Crippen LogP contribution in [0.3, 0.4) is 0 Å². The van der Waals surface area contributed by atoms with Crippen LogP contribution in [0.1, 0.15) is 25.7 Å². The second-order valence-electron chi connectivity index (χ2n) is 3.35. The van der Waals surface area contributed by atoms with Gasteiger partial charge in [-0.3, -0.25) is 0 Å². The fraction of sp³-hybridized carbons (Fsp3) is 1.00. The summed E-state index contributed by atoms with van der Waals surface area (Å²) in [6.07, 6.45) is 5.33. The summed E-state index contributed by atoms with van der Waals surface area (Å²) in [5.74, 6) is 0.916. The Balaban J connectivity index is 1.96. The van der Waals surface area contributed by atoms with Crippen molar-refractivity contribution in [1.29, 1.82) is 0 Å². The van der Waals surface area contributed by atoms with Gasteiger partial charge in [0.15, 0.2) is 0 Å². The van der Waals surface area contributed by atoms with Crippen LogP contribution < -0.4 is 5.32 Å². The van der Waals surface area contributed by atoms with Crippen molar-refractivity contribution in [3.63, 3.8) is 0 Å². The standard InChI is InChI=1S/C9H19NO/c1-11-7-3-5-9-4-2-6-10-8-9/h9-10H,2-8H2,1H3/t9-/m0/s1. The van der Waals surface area contributed by atoms with E-state index in [0.717, 1.165) is 12.5 Å². The Labute approximate surface area is 69.3 Å². The summed E-state index contributed by atoms with van der Waals surface area (Å²) in [7, 11) is 1.78. The molecule has 1 saturated heterocycles. The maximum absolute atomic E-state index is 5.01. The third-order valence-corrected chi connectivity index (χ3v) is 2.36. The first-order valence-electron chi connectivity index (χ1n) is 4.63. The van der Waals surface area contributed by atoms with Gasteiger partial charge in [0, 0.05) is 13.7 Å². The summed E-state index contributed by atoms with van der Waals surface area (Å²) in [4.78, 5) is 0. The Morgan fingerprint density at radius 2 is 2.45 bits per heavy atom. The van der Waals surface area contributed by atoms with E-state index in [1.807, 2.05) is 0 Å². The molecule has 0 aromatic carbocycles. The van der Waals surface area contributed by atoms with E-state index in [1.54, 1.807) is 7.11 Å². The molecule has 0 aliphatic carbocycles. The summed E-state index contributed by atoms with van der Waals surface area (Å²) < 4.78 is 5.01. The van der Waals surface area contributed by atoms with E-state index in [1.165, 1.54) is 38.8 Å². The first kappa shape index (κ1) is 9.01. The summed E-state index contributed by atoms with van der Waals surface area (Å²) in [5.41, 5.74) is 0. The Kier molecular flexibility index (Phi) is 4.55. The minimum atomic E-state index is 0.916. The van der Waals surface area contributed by atoms with Crippen molar-refractivity contribution in [2.24, 2.45) is 5.92 Å². The van der Waals surface area contributed by atoms with Crippen molar-refractivity contribution in [2.45, 2.75) is 25.7 Å². The maximum Gasteiger partial charge on any atom is 0.0462 e. The summed E-state index contributed by atoms with van der Waals surface area (Å²) in [6.45, 7) is 3.38. The third kappa shape index (κ3) is 3.73. The van der Waals surface area contributed by atoms with Crippen molar-refractivity contribution in [1.82, 2.24) is 5.32 Å². The molecule has 1 rings (SSSR count). The highest BCUT2D eigenvalue weighted by Crippen LogP contribution is 2.15. The molecule has 0 saturated carbocycles. The van der Waals surface area contributed by atoms with E-state index >= 15 is 0 Å². The highest BCUT2D eigenvalue weighted by atomic mass is 16.5. The molecular formula is C9H19NO. The Morgan fingerprint density at radius 1 is 1.55 bits per heavy atom. The van der Waals surface area contributed by atoms with Crippen molar-refractivity contribution in [2.75, 3.05) is 26.8 Å². The first-order valence-corrected chi connectivity index (χ1v) is 4.63. The number of nitrogens with one attached hydrogen (secondary N) is 1. The molecule has 0 aromatic heterocycles. The lowest BCUT2D eigenvalue weighted by molar-refractivity contribution is 0.183. The molecule has 0 spiro atoms. The summed E-state index contributed by atoms with van der Waals surface area (Å²) >= 11 is 0. The van der Waals surface area contributed by atoms with Gasteiger partial charge in [0.05, 0.1) is 0 Å². The quantitative estimate of drug-likeness (QED) is 0.623. The van der Waals surface area contributed by atoms with Gasteiger partial charge in [0.25, 0.3) is 0 Å². The van der Waals surface area contributed by atoms with Gasteiger partial charge < -0.3 is 10.1 Å². The molecule has 1 aliphatic rings. The number of piperidine rings is 1. The molecular weight excluding hydrogens is 138 g/mol. The van der Waals surface area contributed by atoms with Crippen molar-refractivity contribution in [3.8, 4) is 0 Å². The molecule has 66 valence electrons. The van der Waals surface area contributed by atoms with Crippen LogP contribution in [0.5, 0.6) is 0 Å². The molecule has 0 bridgehead atoms. The SMILES string of the molecule is COCCC[C@@H]1CCCNC1. The molecule has 1 N–H and O–H groups in total. The van der Waals surface area contributed by atoms with Gasteiger partial charge in [-0.15, -0.1) is 0 Å². The normalized spacial score (nSPS) is 25.4. The predicted octanol–water partition coefficient (Wildman–Crippen LogP) is 1.41. The van der Waals surface area contributed by atoms with Crippen LogP contribution in [-0.2, 0) is 4.74 Å². The molecule has 0 amide bonds. The third-order valence-electron chi connectivity index (χ3n) is 2.36. The average molecular weight is 157 g/mol. The number of ether oxygens (including phenoxy) is 1.